The van der Waals surface area contributed by atoms with E-state index in [0.717, 1.165) is 11.6 Å². The Balaban J connectivity index is 1.72. The van der Waals surface area contributed by atoms with Gasteiger partial charge in [0.2, 0.25) is 0 Å². The summed E-state index contributed by atoms with van der Waals surface area (Å²) in [6.07, 6.45) is -4.58. The Morgan fingerprint density at radius 2 is 1.34 bits per heavy atom. The summed E-state index contributed by atoms with van der Waals surface area (Å²) in [7, 11) is 0. The number of hydrogen-bond donors (Lipinski definition) is 2. The Morgan fingerprint density at radius 1 is 0.759 bits per heavy atom. The van der Waals surface area contributed by atoms with Crippen LogP contribution in [0.3, 0.4) is 0 Å². The molecule has 0 bridgehead atoms. The standard InChI is InChI=1S/C22H17F3N2O2/c1-14-5-4-6-17(13-14)26-20(28)15-9-11-16(12-10-15)21(29)27-19-8-3-2-7-18(19)22(23,24)25/h2-13H,1H3,(H,26,28)(H,27,29). The highest BCUT2D eigenvalue weighted by Crippen LogP contribution is 2.34. The minimum absolute atomic E-state index is 0.133. The lowest BCUT2D eigenvalue weighted by Crippen LogP contribution is -2.17. The van der Waals surface area contributed by atoms with E-state index in [0.29, 0.717) is 11.3 Å². The molecule has 3 rings (SSSR count). The first kappa shape index (κ1) is 20.1. The smallest absolute Gasteiger partial charge is 0.322 e. The van der Waals surface area contributed by atoms with Crippen LogP contribution in [0.5, 0.6) is 0 Å². The molecule has 0 saturated carbocycles. The van der Waals surface area contributed by atoms with Gasteiger partial charge < -0.3 is 10.6 Å². The van der Waals surface area contributed by atoms with E-state index in [2.05, 4.69) is 10.6 Å². The number of carbonyl (C=O) groups excluding carboxylic acids is 2. The molecular weight excluding hydrogens is 381 g/mol. The van der Waals surface area contributed by atoms with Crippen molar-refractivity contribution in [3.63, 3.8) is 0 Å². The van der Waals surface area contributed by atoms with Gasteiger partial charge in [-0.15, -0.1) is 0 Å². The van der Waals surface area contributed by atoms with Gasteiger partial charge in [-0.25, -0.2) is 0 Å². The van der Waals surface area contributed by atoms with E-state index < -0.39 is 17.6 Å². The monoisotopic (exact) mass is 398 g/mol. The Morgan fingerprint density at radius 3 is 1.93 bits per heavy atom. The van der Waals surface area contributed by atoms with Crippen LogP contribution in [0.1, 0.15) is 31.8 Å². The van der Waals surface area contributed by atoms with Crippen molar-refractivity contribution in [3.05, 3.63) is 95.1 Å². The highest BCUT2D eigenvalue weighted by molar-refractivity contribution is 6.07. The molecule has 4 nitrogen and oxygen atoms in total. The fourth-order valence-corrected chi connectivity index (χ4v) is 2.73. The van der Waals surface area contributed by atoms with E-state index in [1.807, 2.05) is 25.1 Å². The maximum absolute atomic E-state index is 13.1. The number of para-hydroxylation sites is 1. The van der Waals surface area contributed by atoms with Crippen LogP contribution in [-0.2, 0) is 6.18 Å². The van der Waals surface area contributed by atoms with Gasteiger partial charge in [-0.05, 0) is 61.0 Å². The molecule has 0 spiro atoms. The number of hydrogen-bond acceptors (Lipinski definition) is 2. The third-order valence-electron chi connectivity index (χ3n) is 4.17. The molecular formula is C22H17F3N2O2. The van der Waals surface area contributed by atoms with Crippen molar-refractivity contribution in [3.8, 4) is 0 Å². The quantitative estimate of drug-likeness (QED) is 0.608. The van der Waals surface area contributed by atoms with Gasteiger partial charge in [0.05, 0.1) is 11.3 Å². The summed E-state index contributed by atoms with van der Waals surface area (Å²) < 4.78 is 39.2. The molecule has 0 heterocycles. The van der Waals surface area contributed by atoms with Crippen LogP contribution in [0, 0.1) is 6.92 Å². The molecule has 0 saturated heterocycles. The van der Waals surface area contributed by atoms with E-state index in [-0.39, 0.29) is 17.2 Å². The predicted molar refractivity (Wildman–Crippen MR) is 105 cm³/mol. The zero-order valence-corrected chi connectivity index (χ0v) is 15.4. The molecule has 0 atom stereocenters. The molecule has 0 unspecified atom stereocenters. The van der Waals surface area contributed by atoms with Crippen molar-refractivity contribution < 1.29 is 22.8 Å². The maximum atomic E-state index is 13.1. The second-order valence-electron chi connectivity index (χ2n) is 6.40. The summed E-state index contributed by atoms with van der Waals surface area (Å²) in [4.78, 5) is 24.6. The topological polar surface area (TPSA) is 58.2 Å². The number of halogens is 3. The van der Waals surface area contributed by atoms with Crippen LogP contribution in [0.2, 0.25) is 0 Å². The second-order valence-corrected chi connectivity index (χ2v) is 6.40. The molecule has 0 aromatic heterocycles. The highest BCUT2D eigenvalue weighted by atomic mass is 19.4. The maximum Gasteiger partial charge on any atom is 0.418 e. The lowest BCUT2D eigenvalue weighted by atomic mass is 10.1. The molecule has 3 aromatic carbocycles. The Labute approximate surface area is 165 Å². The van der Waals surface area contributed by atoms with E-state index in [4.69, 9.17) is 0 Å². The van der Waals surface area contributed by atoms with E-state index >= 15 is 0 Å². The molecule has 7 heteroatoms. The zero-order chi connectivity index (χ0) is 21.0. The minimum Gasteiger partial charge on any atom is -0.322 e. The molecule has 2 N–H and O–H groups in total. The Bertz CT molecular complexity index is 1040. The SMILES string of the molecule is Cc1cccc(NC(=O)c2ccc(C(=O)Nc3ccccc3C(F)(F)F)cc2)c1. The normalized spacial score (nSPS) is 11.0. The van der Waals surface area contributed by atoms with Gasteiger partial charge in [0.15, 0.2) is 0 Å². The van der Waals surface area contributed by atoms with Crippen molar-refractivity contribution in [2.75, 3.05) is 10.6 Å². The van der Waals surface area contributed by atoms with Gasteiger partial charge in [-0.2, -0.15) is 13.2 Å². The largest absolute Gasteiger partial charge is 0.418 e. The van der Waals surface area contributed by atoms with Crippen molar-refractivity contribution in [1.82, 2.24) is 0 Å². The molecule has 2 amide bonds. The van der Waals surface area contributed by atoms with Crippen LogP contribution in [0.4, 0.5) is 24.5 Å². The molecule has 0 radical (unpaired) electrons. The lowest BCUT2D eigenvalue weighted by molar-refractivity contribution is -0.136. The molecule has 0 fully saturated rings. The van der Waals surface area contributed by atoms with Crippen LogP contribution >= 0.6 is 0 Å². The Kier molecular flexibility index (Phi) is 5.68. The van der Waals surface area contributed by atoms with Crippen LogP contribution in [0.25, 0.3) is 0 Å². The number of carbonyl (C=O) groups is 2. The summed E-state index contributed by atoms with van der Waals surface area (Å²) >= 11 is 0. The van der Waals surface area contributed by atoms with Gasteiger partial charge >= 0.3 is 6.18 Å². The number of anilines is 2. The molecule has 3 aromatic rings. The van der Waals surface area contributed by atoms with Crippen LogP contribution in [-0.4, -0.2) is 11.8 Å². The number of nitrogens with one attached hydrogen (secondary N) is 2. The Hall–Kier alpha value is -3.61. The predicted octanol–water partition coefficient (Wildman–Crippen LogP) is 5.52. The summed E-state index contributed by atoms with van der Waals surface area (Å²) in [6, 6.07) is 17.7. The third kappa shape index (κ3) is 5.01. The summed E-state index contributed by atoms with van der Waals surface area (Å²) in [5, 5.41) is 5.02. The van der Waals surface area contributed by atoms with Gasteiger partial charge in [-0.3, -0.25) is 9.59 Å². The van der Waals surface area contributed by atoms with Crippen molar-refractivity contribution in [2.45, 2.75) is 13.1 Å². The molecule has 29 heavy (non-hydrogen) atoms. The summed E-state index contributed by atoms with van der Waals surface area (Å²) in [5.74, 6) is -1.06. The minimum atomic E-state index is -4.58. The number of aryl methyl sites for hydroxylation is 1. The van der Waals surface area contributed by atoms with Crippen molar-refractivity contribution in [2.24, 2.45) is 0 Å². The van der Waals surface area contributed by atoms with Crippen LogP contribution < -0.4 is 10.6 Å². The average Bonchev–Trinajstić information content (AvgIpc) is 2.67. The zero-order valence-electron chi connectivity index (χ0n) is 15.4. The fraction of sp³-hybridized carbons (Fsp3) is 0.0909. The molecule has 0 aliphatic rings. The number of alkyl halides is 3. The van der Waals surface area contributed by atoms with E-state index in [1.165, 1.54) is 42.5 Å². The van der Waals surface area contributed by atoms with Gasteiger partial charge in [0.25, 0.3) is 11.8 Å². The second kappa shape index (κ2) is 8.18. The van der Waals surface area contributed by atoms with Gasteiger partial charge in [-0.1, -0.05) is 24.3 Å². The lowest BCUT2D eigenvalue weighted by Gasteiger charge is -2.13. The molecule has 148 valence electrons. The average molecular weight is 398 g/mol. The molecule has 0 aliphatic carbocycles. The number of benzene rings is 3. The van der Waals surface area contributed by atoms with E-state index in [1.54, 1.807) is 6.07 Å². The summed E-state index contributed by atoms with van der Waals surface area (Å²) in [5.41, 5.74) is 0.830. The number of amides is 2. The van der Waals surface area contributed by atoms with E-state index in [9.17, 15) is 22.8 Å². The van der Waals surface area contributed by atoms with Gasteiger partial charge in [0, 0.05) is 16.8 Å². The number of rotatable bonds is 4. The van der Waals surface area contributed by atoms with Crippen molar-refractivity contribution in [1.29, 1.82) is 0 Å². The fourth-order valence-electron chi connectivity index (χ4n) is 2.73. The summed E-state index contributed by atoms with van der Waals surface area (Å²) in [6.45, 7) is 1.90. The van der Waals surface area contributed by atoms with Crippen molar-refractivity contribution >= 4 is 23.2 Å². The van der Waals surface area contributed by atoms with Gasteiger partial charge in [0.1, 0.15) is 0 Å². The highest BCUT2D eigenvalue weighted by Gasteiger charge is 2.33. The third-order valence-corrected chi connectivity index (χ3v) is 4.17. The first-order valence-electron chi connectivity index (χ1n) is 8.70. The van der Waals surface area contributed by atoms with Crippen LogP contribution in [0.15, 0.2) is 72.8 Å². The first-order valence-corrected chi connectivity index (χ1v) is 8.70. The first-order chi connectivity index (χ1) is 13.7. The molecule has 0 aliphatic heterocycles.